The molecule has 0 aliphatic carbocycles. The highest BCUT2D eigenvalue weighted by Crippen LogP contribution is 2.35. The molecule has 0 fully saturated rings. The first-order valence-corrected chi connectivity index (χ1v) is 4.88. The van der Waals surface area contributed by atoms with Crippen molar-refractivity contribution in [3.8, 4) is 17.2 Å². The van der Waals surface area contributed by atoms with Crippen molar-refractivity contribution in [3.05, 3.63) is 12.1 Å². The van der Waals surface area contributed by atoms with E-state index in [0.717, 1.165) is 0 Å². The Labute approximate surface area is 99.8 Å². The Morgan fingerprint density at radius 2 is 1.76 bits per heavy atom. The molecule has 6 nitrogen and oxygen atoms in total. The smallest absolute Gasteiger partial charge is 0.492 e. The molecule has 0 spiro atoms. The van der Waals surface area contributed by atoms with Crippen LogP contribution in [0.15, 0.2) is 12.1 Å². The van der Waals surface area contributed by atoms with Crippen LogP contribution >= 0.6 is 0 Å². The minimum absolute atomic E-state index is 0.0384. The van der Waals surface area contributed by atoms with Gasteiger partial charge in [0.05, 0.1) is 14.2 Å². The largest absolute Gasteiger partial charge is 0.493 e. The van der Waals surface area contributed by atoms with Crippen LogP contribution in [0.3, 0.4) is 0 Å². The number of hydrogen-bond acceptors (Lipinski definition) is 6. The highest BCUT2D eigenvalue weighted by Gasteiger charge is 2.23. The Morgan fingerprint density at radius 1 is 1.06 bits per heavy atom. The number of methoxy groups -OCH3 is 3. The van der Waals surface area contributed by atoms with Crippen molar-refractivity contribution < 1.29 is 29.0 Å². The van der Waals surface area contributed by atoms with Gasteiger partial charge in [-0.15, -0.1) is 0 Å². The van der Waals surface area contributed by atoms with E-state index in [9.17, 15) is 10.0 Å². The van der Waals surface area contributed by atoms with Gasteiger partial charge in [-0.25, -0.2) is 0 Å². The van der Waals surface area contributed by atoms with Crippen LogP contribution in [0.4, 0.5) is 0 Å². The van der Waals surface area contributed by atoms with Crippen molar-refractivity contribution in [1.82, 2.24) is 0 Å². The molecular weight excluding hydrogens is 227 g/mol. The van der Waals surface area contributed by atoms with Gasteiger partial charge in [0.1, 0.15) is 0 Å². The molecular formula is C10H15BO6. The van der Waals surface area contributed by atoms with Crippen molar-refractivity contribution >= 4 is 12.6 Å². The highest BCUT2D eigenvalue weighted by molar-refractivity contribution is 6.59. The van der Waals surface area contributed by atoms with Gasteiger partial charge in [-0.2, -0.15) is 0 Å². The Morgan fingerprint density at radius 3 is 2.24 bits per heavy atom. The summed E-state index contributed by atoms with van der Waals surface area (Å²) < 4.78 is 20.2. The molecule has 0 heterocycles. The fourth-order valence-corrected chi connectivity index (χ4v) is 1.38. The van der Waals surface area contributed by atoms with Crippen molar-refractivity contribution in [3.63, 3.8) is 0 Å². The Bertz CT molecular complexity index is 368. The zero-order valence-corrected chi connectivity index (χ0v) is 9.97. The summed E-state index contributed by atoms with van der Waals surface area (Å²) in [6.07, 6.45) is 0. The van der Waals surface area contributed by atoms with E-state index in [0.29, 0.717) is 5.75 Å². The van der Waals surface area contributed by atoms with Crippen LogP contribution in [0.2, 0.25) is 0 Å². The molecule has 1 rings (SSSR count). The van der Waals surface area contributed by atoms with E-state index in [-0.39, 0.29) is 23.8 Å². The summed E-state index contributed by atoms with van der Waals surface area (Å²) >= 11 is 0. The average Bonchev–Trinajstić information content (AvgIpc) is 2.34. The van der Waals surface area contributed by atoms with Crippen LogP contribution < -0.4 is 19.7 Å². The van der Waals surface area contributed by atoms with Gasteiger partial charge in [-0.05, 0) is 6.07 Å². The van der Waals surface area contributed by atoms with Gasteiger partial charge in [0.15, 0.2) is 18.3 Å². The maximum Gasteiger partial charge on any atom is 0.492 e. The number of rotatable bonds is 6. The molecule has 0 aliphatic rings. The second-order valence-electron chi connectivity index (χ2n) is 3.14. The third-order valence-electron chi connectivity index (χ3n) is 2.13. The first-order valence-electron chi connectivity index (χ1n) is 4.88. The molecule has 2 N–H and O–H groups in total. The Kier molecular flexibility index (Phi) is 5.08. The van der Waals surface area contributed by atoms with Crippen LogP contribution in [0.25, 0.3) is 0 Å². The second-order valence-corrected chi connectivity index (χ2v) is 3.14. The van der Waals surface area contributed by atoms with E-state index in [1.54, 1.807) is 6.07 Å². The Hall–Kier alpha value is -1.44. The molecule has 0 radical (unpaired) electrons. The van der Waals surface area contributed by atoms with Gasteiger partial charge in [0.25, 0.3) is 0 Å². The summed E-state index contributed by atoms with van der Waals surface area (Å²) in [6, 6.07) is 3.05. The fourth-order valence-electron chi connectivity index (χ4n) is 1.38. The van der Waals surface area contributed by atoms with E-state index in [1.807, 2.05) is 0 Å². The molecule has 94 valence electrons. The molecule has 7 heteroatoms. The lowest BCUT2D eigenvalue weighted by Crippen LogP contribution is -2.32. The summed E-state index contributed by atoms with van der Waals surface area (Å²) in [5.74, 6) is 0.904. The van der Waals surface area contributed by atoms with Crippen LogP contribution in [-0.4, -0.2) is 45.3 Å². The third kappa shape index (κ3) is 3.03. The molecule has 0 aromatic heterocycles. The molecule has 0 aliphatic heterocycles. The maximum atomic E-state index is 9.23. The van der Waals surface area contributed by atoms with Gasteiger partial charge in [0.2, 0.25) is 5.75 Å². The summed E-state index contributed by atoms with van der Waals surface area (Å²) in [4.78, 5) is 0. The van der Waals surface area contributed by atoms with Gasteiger partial charge in [-0.3, -0.25) is 0 Å². The van der Waals surface area contributed by atoms with Gasteiger partial charge < -0.3 is 29.0 Å². The lowest BCUT2D eigenvalue weighted by Gasteiger charge is -2.16. The third-order valence-corrected chi connectivity index (χ3v) is 2.13. The highest BCUT2D eigenvalue weighted by atomic mass is 16.7. The normalized spacial score (nSPS) is 9.94. The second kappa shape index (κ2) is 6.34. The minimum Gasteiger partial charge on any atom is -0.493 e. The van der Waals surface area contributed by atoms with Crippen LogP contribution in [-0.2, 0) is 4.74 Å². The van der Waals surface area contributed by atoms with Crippen molar-refractivity contribution in [1.29, 1.82) is 0 Å². The lowest BCUT2D eigenvalue weighted by molar-refractivity contribution is 0.0495. The predicted molar refractivity (Wildman–Crippen MR) is 61.9 cm³/mol. The Balaban J connectivity index is 3.23. The lowest BCUT2D eigenvalue weighted by atomic mass is 9.79. The summed E-state index contributed by atoms with van der Waals surface area (Å²) in [5, 5.41) is 18.5. The maximum absolute atomic E-state index is 9.23. The molecule has 0 saturated heterocycles. The van der Waals surface area contributed by atoms with E-state index in [4.69, 9.17) is 18.9 Å². The molecule has 0 unspecified atom stereocenters. The zero-order valence-electron chi connectivity index (χ0n) is 9.97. The summed E-state index contributed by atoms with van der Waals surface area (Å²) in [5.41, 5.74) is 0.180. The van der Waals surface area contributed by atoms with Crippen LogP contribution in [0.1, 0.15) is 0 Å². The fraction of sp³-hybridized carbons (Fsp3) is 0.400. The van der Waals surface area contributed by atoms with Gasteiger partial charge in [-0.1, -0.05) is 6.07 Å². The SMILES string of the molecule is COCOc1c(B(O)O)ccc(OC)c1OC. The van der Waals surface area contributed by atoms with E-state index >= 15 is 0 Å². The first-order chi connectivity index (χ1) is 8.15. The molecule has 1 aromatic rings. The van der Waals surface area contributed by atoms with E-state index < -0.39 is 7.12 Å². The van der Waals surface area contributed by atoms with E-state index in [2.05, 4.69) is 0 Å². The standard InChI is InChI=1S/C10H15BO6/c1-14-6-17-9-7(11(12)13)4-5-8(15-2)10(9)16-3/h4-5,12-13H,6H2,1-3H3. The minimum atomic E-state index is -1.67. The molecule has 0 amide bonds. The van der Waals surface area contributed by atoms with Crippen LogP contribution in [0.5, 0.6) is 17.2 Å². The van der Waals surface area contributed by atoms with Gasteiger partial charge >= 0.3 is 7.12 Å². The predicted octanol–water partition coefficient (Wildman–Crippen LogP) is -0.634. The number of ether oxygens (including phenoxy) is 4. The van der Waals surface area contributed by atoms with Crippen molar-refractivity contribution in [2.24, 2.45) is 0 Å². The molecule has 1 aromatic carbocycles. The average molecular weight is 242 g/mol. The number of benzene rings is 1. The van der Waals surface area contributed by atoms with E-state index in [1.165, 1.54) is 27.4 Å². The topological polar surface area (TPSA) is 77.4 Å². The zero-order chi connectivity index (χ0) is 12.8. The molecule has 0 bridgehead atoms. The van der Waals surface area contributed by atoms with Crippen molar-refractivity contribution in [2.75, 3.05) is 28.1 Å². The van der Waals surface area contributed by atoms with Gasteiger partial charge in [0, 0.05) is 12.6 Å². The number of hydrogen-bond donors (Lipinski definition) is 2. The molecule has 0 atom stereocenters. The summed E-state index contributed by atoms with van der Waals surface area (Å²) in [6.45, 7) is -0.0384. The molecule has 0 saturated carbocycles. The first kappa shape index (κ1) is 13.6. The monoisotopic (exact) mass is 242 g/mol. The quantitative estimate of drug-likeness (QED) is 0.510. The molecule has 17 heavy (non-hydrogen) atoms. The summed E-state index contributed by atoms with van der Waals surface area (Å²) in [7, 11) is 2.71. The van der Waals surface area contributed by atoms with Crippen molar-refractivity contribution in [2.45, 2.75) is 0 Å². The van der Waals surface area contributed by atoms with Crippen LogP contribution in [0, 0.1) is 0 Å².